The molecule has 2 rings (SSSR count). The Morgan fingerprint density at radius 2 is 2.04 bits per heavy atom. The van der Waals surface area contributed by atoms with Gasteiger partial charge in [-0.25, -0.2) is 13.2 Å². The van der Waals surface area contributed by atoms with E-state index in [1.54, 1.807) is 0 Å². The fourth-order valence-corrected chi connectivity index (χ4v) is 3.43. The van der Waals surface area contributed by atoms with Gasteiger partial charge in [-0.15, -0.1) is 0 Å². The van der Waals surface area contributed by atoms with E-state index < -0.39 is 44.5 Å². The van der Waals surface area contributed by atoms with E-state index in [0.717, 1.165) is 10.4 Å². The van der Waals surface area contributed by atoms with Gasteiger partial charge >= 0.3 is 12.1 Å². The minimum atomic E-state index is -4.83. The minimum Gasteiger partial charge on any atom is -0.479 e. The van der Waals surface area contributed by atoms with Crippen LogP contribution in [0, 0.1) is 0 Å². The van der Waals surface area contributed by atoms with Gasteiger partial charge < -0.3 is 14.6 Å². The van der Waals surface area contributed by atoms with Crippen LogP contribution < -0.4 is 4.74 Å². The highest BCUT2D eigenvalue weighted by atomic mass is 32.2. The van der Waals surface area contributed by atoms with Gasteiger partial charge in [-0.3, -0.25) is 0 Å². The van der Waals surface area contributed by atoms with Crippen molar-refractivity contribution in [1.82, 2.24) is 4.31 Å². The number of epoxide rings is 1. The van der Waals surface area contributed by atoms with Crippen LogP contribution in [0.4, 0.5) is 13.2 Å². The third-order valence-corrected chi connectivity index (χ3v) is 5.50. The zero-order chi connectivity index (χ0) is 19.7. The molecule has 0 aliphatic carbocycles. The van der Waals surface area contributed by atoms with E-state index in [-0.39, 0.29) is 19.1 Å². The quantitative estimate of drug-likeness (QED) is 0.674. The van der Waals surface area contributed by atoms with E-state index in [1.165, 1.54) is 14.0 Å². The van der Waals surface area contributed by atoms with Crippen LogP contribution in [0.15, 0.2) is 23.1 Å². The number of nitrogens with zero attached hydrogens (tertiary/aromatic N) is 1. The standard InChI is InChI=1S/C15H18F3NO6S/c1-3-13(14(20)21)25-10-4-9(15(16,17)18)5-12(6-10)26(22,23)19(2)7-11-8-24-11/h4-6,11,13H,3,7-8H2,1-2H3,(H,20,21)/t11?,13-/m0/s1. The van der Waals surface area contributed by atoms with Crippen molar-refractivity contribution in [2.75, 3.05) is 20.2 Å². The van der Waals surface area contributed by atoms with Crippen molar-refractivity contribution in [3.05, 3.63) is 23.8 Å². The summed E-state index contributed by atoms with van der Waals surface area (Å²) in [5.41, 5.74) is -1.25. The summed E-state index contributed by atoms with van der Waals surface area (Å²) in [6, 6.07) is 1.96. The molecule has 0 amide bonds. The van der Waals surface area contributed by atoms with Crippen LogP contribution in [0.5, 0.6) is 5.75 Å². The fourth-order valence-electron chi connectivity index (χ4n) is 2.16. The lowest BCUT2D eigenvalue weighted by Gasteiger charge is -2.19. The second-order valence-electron chi connectivity index (χ2n) is 5.78. The largest absolute Gasteiger partial charge is 0.479 e. The average molecular weight is 397 g/mol. The predicted molar refractivity (Wildman–Crippen MR) is 83.3 cm³/mol. The molecule has 0 bridgehead atoms. The Bertz CT molecular complexity index is 776. The van der Waals surface area contributed by atoms with Crippen LogP contribution in [0.1, 0.15) is 18.9 Å². The Morgan fingerprint density at radius 3 is 2.50 bits per heavy atom. The number of carboxylic acids is 1. The maximum absolute atomic E-state index is 13.1. The van der Waals surface area contributed by atoms with Gasteiger partial charge in [-0.05, 0) is 18.6 Å². The van der Waals surface area contributed by atoms with E-state index in [9.17, 15) is 26.4 Å². The van der Waals surface area contributed by atoms with Crippen LogP contribution in [0.25, 0.3) is 0 Å². The van der Waals surface area contributed by atoms with Crippen molar-refractivity contribution < 1.29 is 41.0 Å². The molecule has 0 saturated carbocycles. The number of rotatable bonds is 8. The number of benzene rings is 1. The molecule has 1 fully saturated rings. The summed E-state index contributed by atoms with van der Waals surface area (Å²) in [6.07, 6.45) is -6.52. The minimum absolute atomic E-state index is 0.00147. The number of ether oxygens (including phenoxy) is 2. The molecule has 1 aromatic rings. The molecule has 1 aliphatic rings. The number of likely N-dealkylation sites (N-methyl/N-ethyl adjacent to an activating group) is 1. The summed E-state index contributed by atoms with van der Waals surface area (Å²) >= 11 is 0. The first-order valence-electron chi connectivity index (χ1n) is 7.64. The molecule has 26 heavy (non-hydrogen) atoms. The van der Waals surface area contributed by atoms with Crippen molar-refractivity contribution in [3.8, 4) is 5.75 Å². The zero-order valence-electron chi connectivity index (χ0n) is 14.0. The first-order valence-corrected chi connectivity index (χ1v) is 9.08. The molecule has 1 aromatic carbocycles. The maximum atomic E-state index is 13.1. The Hall–Kier alpha value is -1.85. The first kappa shape index (κ1) is 20.5. The first-order chi connectivity index (χ1) is 11.9. The number of aliphatic carboxylic acids is 1. The molecule has 7 nitrogen and oxygen atoms in total. The molecule has 0 radical (unpaired) electrons. The highest BCUT2D eigenvalue weighted by Crippen LogP contribution is 2.35. The average Bonchev–Trinajstić information content (AvgIpc) is 3.35. The lowest BCUT2D eigenvalue weighted by atomic mass is 10.2. The molecule has 1 N–H and O–H groups in total. The van der Waals surface area contributed by atoms with Crippen molar-refractivity contribution in [1.29, 1.82) is 0 Å². The molecular weight excluding hydrogens is 379 g/mol. The third-order valence-electron chi connectivity index (χ3n) is 3.70. The molecule has 1 unspecified atom stereocenters. The Balaban J connectivity index is 2.44. The van der Waals surface area contributed by atoms with E-state index in [4.69, 9.17) is 14.6 Å². The lowest BCUT2D eigenvalue weighted by molar-refractivity contribution is -0.145. The third kappa shape index (κ3) is 4.86. The van der Waals surface area contributed by atoms with Gasteiger partial charge in [0.1, 0.15) is 5.75 Å². The summed E-state index contributed by atoms with van der Waals surface area (Å²) in [7, 11) is -3.01. The van der Waals surface area contributed by atoms with Crippen LogP contribution in [0.2, 0.25) is 0 Å². The number of hydrogen-bond donors (Lipinski definition) is 1. The number of sulfonamides is 1. The zero-order valence-corrected chi connectivity index (χ0v) is 14.8. The van der Waals surface area contributed by atoms with Crippen LogP contribution in [-0.2, 0) is 25.7 Å². The van der Waals surface area contributed by atoms with Gasteiger partial charge in [0, 0.05) is 19.7 Å². The monoisotopic (exact) mass is 397 g/mol. The van der Waals surface area contributed by atoms with Crippen molar-refractivity contribution in [2.45, 2.75) is 36.6 Å². The van der Waals surface area contributed by atoms with Gasteiger partial charge in [0.2, 0.25) is 10.0 Å². The van der Waals surface area contributed by atoms with E-state index in [1.807, 2.05) is 0 Å². The second kappa shape index (κ2) is 7.41. The van der Waals surface area contributed by atoms with Gasteiger partial charge in [0.05, 0.1) is 23.2 Å². The topological polar surface area (TPSA) is 96.4 Å². The number of hydrogen-bond acceptors (Lipinski definition) is 5. The van der Waals surface area contributed by atoms with Crippen LogP contribution >= 0.6 is 0 Å². The summed E-state index contributed by atoms with van der Waals surface area (Å²) < 4.78 is 75.4. The molecule has 11 heteroatoms. The highest BCUT2D eigenvalue weighted by molar-refractivity contribution is 7.89. The molecular formula is C15H18F3NO6S. The SMILES string of the molecule is CC[C@H](Oc1cc(C(F)(F)F)cc(S(=O)(=O)N(C)CC2CO2)c1)C(=O)O. The fraction of sp³-hybridized carbons (Fsp3) is 0.533. The van der Waals surface area contributed by atoms with E-state index >= 15 is 0 Å². The smallest absolute Gasteiger partial charge is 0.416 e. The molecule has 146 valence electrons. The molecule has 1 aliphatic heterocycles. The highest BCUT2D eigenvalue weighted by Gasteiger charge is 2.35. The second-order valence-corrected chi connectivity index (χ2v) is 7.83. The molecule has 0 spiro atoms. The van der Waals surface area contributed by atoms with Crippen LogP contribution in [0.3, 0.4) is 0 Å². The molecule has 0 aromatic heterocycles. The van der Waals surface area contributed by atoms with Crippen molar-refractivity contribution >= 4 is 16.0 Å². The number of carboxylic acid groups (broad SMARTS) is 1. The summed E-state index contributed by atoms with van der Waals surface area (Å²) in [5.74, 6) is -1.85. The summed E-state index contributed by atoms with van der Waals surface area (Å²) in [4.78, 5) is 10.4. The van der Waals surface area contributed by atoms with Gasteiger partial charge in [0.15, 0.2) is 6.10 Å². The summed E-state index contributed by atoms with van der Waals surface area (Å²) in [6.45, 7) is 1.86. The predicted octanol–water partition coefficient (Wildman–Crippen LogP) is 1.97. The molecule has 1 saturated heterocycles. The van der Waals surface area contributed by atoms with Gasteiger partial charge in [0.25, 0.3) is 0 Å². The molecule has 2 atom stereocenters. The van der Waals surface area contributed by atoms with Gasteiger partial charge in [-0.2, -0.15) is 17.5 Å². The van der Waals surface area contributed by atoms with E-state index in [0.29, 0.717) is 18.7 Å². The normalized spacial score (nSPS) is 18.6. The number of alkyl halides is 3. The van der Waals surface area contributed by atoms with E-state index in [2.05, 4.69) is 0 Å². The Kier molecular flexibility index (Phi) is 5.83. The number of carbonyl (C=O) groups is 1. The number of halogens is 3. The van der Waals surface area contributed by atoms with Gasteiger partial charge in [-0.1, -0.05) is 6.92 Å². The van der Waals surface area contributed by atoms with Crippen LogP contribution in [-0.4, -0.2) is 56.2 Å². The molecule has 1 heterocycles. The summed E-state index contributed by atoms with van der Waals surface area (Å²) in [5, 5.41) is 9.00. The maximum Gasteiger partial charge on any atom is 0.416 e. The van der Waals surface area contributed by atoms with Crippen molar-refractivity contribution in [3.63, 3.8) is 0 Å². The Labute approximate surface area is 148 Å². The Morgan fingerprint density at radius 1 is 1.42 bits per heavy atom. The van der Waals surface area contributed by atoms with Crippen molar-refractivity contribution in [2.24, 2.45) is 0 Å². The lowest BCUT2D eigenvalue weighted by Crippen LogP contribution is -2.31.